The van der Waals surface area contributed by atoms with Crippen LogP contribution in [0.2, 0.25) is 0 Å². The molecule has 2 aliphatic rings. The minimum absolute atomic E-state index is 0.0743. The summed E-state index contributed by atoms with van der Waals surface area (Å²) < 4.78 is 1.11. The number of nitrogens with zero attached hydrogens (tertiary/aromatic N) is 2. The summed E-state index contributed by atoms with van der Waals surface area (Å²) in [5.74, 6) is 0.0743. The number of carbonyl (C=O) groups excluding carboxylic acids is 1. The Balaban J connectivity index is 1.36. The molecule has 1 saturated heterocycles. The van der Waals surface area contributed by atoms with Crippen LogP contribution >= 0.6 is 15.9 Å². The number of fused-ring (bicyclic) bond motifs is 1. The molecule has 0 atom stereocenters. The highest BCUT2D eigenvalue weighted by Crippen LogP contribution is 2.26. The maximum atomic E-state index is 11.4. The van der Waals surface area contributed by atoms with Gasteiger partial charge in [0.2, 0.25) is 5.91 Å². The number of benzene rings is 2. The fourth-order valence-electron chi connectivity index (χ4n) is 3.21. The molecule has 24 heavy (non-hydrogen) atoms. The number of halogens is 1. The lowest BCUT2D eigenvalue weighted by Gasteiger charge is -2.36. The van der Waals surface area contributed by atoms with E-state index in [9.17, 15) is 4.79 Å². The quantitative estimate of drug-likeness (QED) is 0.850. The number of rotatable bonds is 3. The second kappa shape index (κ2) is 6.45. The van der Waals surface area contributed by atoms with E-state index in [-0.39, 0.29) is 5.91 Å². The maximum Gasteiger partial charge on any atom is 0.228 e. The van der Waals surface area contributed by atoms with Crippen molar-refractivity contribution >= 4 is 38.9 Å². The predicted octanol–water partition coefficient (Wildman–Crippen LogP) is 3.09. The van der Waals surface area contributed by atoms with Crippen molar-refractivity contribution < 1.29 is 4.79 Å². The molecular weight excluding hydrogens is 368 g/mol. The normalized spacial score (nSPS) is 17.5. The predicted molar refractivity (Wildman–Crippen MR) is 100 cm³/mol. The molecule has 2 aromatic carbocycles. The van der Waals surface area contributed by atoms with Crippen LogP contribution in [0, 0.1) is 0 Å². The van der Waals surface area contributed by atoms with Crippen LogP contribution in [0.15, 0.2) is 46.9 Å². The van der Waals surface area contributed by atoms with Crippen LogP contribution in [0.1, 0.15) is 5.56 Å². The molecule has 0 unspecified atom stereocenters. The van der Waals surface area contributed by atoms with Crippen LogP contribution in [0.25, 0.3) is 0 Å². The zero-order chi connectivity index (χ0) is 16.5. The Hall–Kier alpha value is -2.05. The van der Waals surface area contributed by atoms with Crippen LogP contribution in [-0.2, 0) is 11.2 Å². The van der Waals surface area contributed by atoms with Crippen molar-refractivity contribution in [2.24, 2.45) is 0 Å². The Morgan fingerprint density at radius 3 is 2.50 bits per heavy atom. The monoisotopic (exact) mass is 386 g/mol. The van der Waals surface area contributed by atoms with E-state index in [2.05, 4.69) is 66.9 Å². The maximum absolute atomic E-state index is 11.4. The largest absolute Gasteiger partial charge is 0.369 e. The molecule has 0 aliphatic carbocycles. The fraction of sp³-hybridized carbons (Fsp3) is 0.278. The van der Waals surface area contributed by atoms with Crippen LogP contribution in [0.5, 0.6) is 0 Å². The zero-order valence-corrected chi connectivity index (χ0v) is 14.8. The van der Waals surface area contributed by atoms with Crippen molar-refractivity contribution in [2.75, 3.05) is 41.8 Å². The SMILES string of the molecule is O=C1Cc2cc(NN3CCN(c4ccc(Br)cc4)CC3)ccc2N1. The van der Waals surface area contributed by atoms with E-state index in [0.717, 1.165) is 47.6 Å². The number of carbonyl (C=O) groups is 1. The number of anilines is 3. The summed E-state index contributed by atoms with van der Waals surface area (Å²) in [5.41, 5.74) is 7.78. The van der Waals surface area contributed by atoms with Gasteiger partial charge in [-0.15, -0.1) is 0 Å². The van der Waals surface area contributed by atoms with Gasteiger partial charge in [-0.1, -0.05) is 15.9 Å². The van der Waals surface area contributed by atoms with Gasteiger partial charge in [0.15, 0.2) is 0 Å². The summed E-state index contributed by atoms with van der Waals surface area (Å²) in [4.78, 5) is 13.8. The molecule has 2 N–H and O–H groups in total. The van der Waals surface area contributed by atoms with Gasteiger partial charge in [0.25, 0.3) is 0 Å². The third-order valence-corrected chi connectivity index (χ3v) is 5.02. The van der Waals surface area contributed by atoms with Crippen molar-refractivity contribution in [2.45, 2.75) is 6.42 Å². The first-order valence-electron chi connectivity index (χ1n) is 8.12. The second-order valence-corrected chi connectivity index (χ2v) is 7.07. The first-order valence-corrected chi connectivity index (χ1v) is 8.91. The molecule has 5 nitrogen and oxygen atoms in total. The van der Waals surface area contributed by atoms with Gasteiger partial charge in [0.1, 0.15) is 0 Å². The van der Waals surface area contributed by atoms with Gasteiger partial charge in [0, 0.05) is 47.7 Å². The number of piperazine rings is 1. The topological polar surface area (TPSA) is 47.6 Å². The Morgan fingerprint density at radius 2 is 1.75 bits per heavy atom. The van der Waals surface area contributed by atoms with Crippen LogP contribution < -0.4 is 15.6 Å². The molecule has 0 bridgehead atoms. The second-order valence-electron chi connectivity index (χ2n) is 6.16. The summed E-state index contributed by atoms with van der Waals surface area (Å²) in [6.07, 6.45) is 0.474. The summed E-state index contributed by atoms with van der Waals surface area (Å²) in [6, 6.07) is 14.5. The first kappa shape index (κ1) is 15.5. The van der Waals surface area contributed by atoms with Gasteiger partial charge >= 0.3 is 0 Å². The molecule has 1 amide bonds. The minimum atomic E-state index is 0.0743. The Kier molecular flexibility index (Phi) is 4.16. The molecule has 0 saturated carbocycles. The fourth-order valence-corrected chi connectivity index (χ4v) is 3.47. The van der Waals surface area contributed by atoms with Gasteiger partial charge < -0.3 is 15.6 Å². The Morgan fingerprint density at radius 1 is 1.00 bits per heavy atom. The third-order valence-electron chi connectivity index (χ3n) is 4.49. The summed E-state index contributed by atoms with van der Waals surface area (Å²) in [7, 11) is 0. The lowest BCUT2D eigenvalue weighted by molar-refractivity contribution is -0.115. The molecule has 2 aliphatic heterocycles. The number of nitrogens with one attached hydrogen (secondary N) is 2. The van der Waals surface area contributed by atoms with Gasteiger partial charge in [0.05, 0.1) is 6.42 Å². The average Bonchev–Trinajstić information content (AvgIpc) is 2.96. The molecule has 0 radical (unpaired) electrons. The van der Waals surface area contributed by atoms with Crippen molar-refractivity contribution in [1.29, 1.82) is 0 Å². The van der Waals surface area contributed by atoms with E-state index in [1.807, 2.05) is 12.1 Å². The standard InChI is InChI=1S/C18H19BrN4O/c19-14-1-4-16(5-2-14)22-7-9-23(10-8-22)21-15-3-6-17-13(11-15)12-18(24)20-17/h1-6,11,21H,7-10,12H2,(H,20,24). The van der Waals surface area contributed by atoms with E-state index >= 15 is 0 Å². The van der Waals surface area contributed by atoms with E-state index in [0.29, 0.717) is 6.42 Å². The van der Waals surface area contributed by atoms with Gasteiger partial charge in [-0.25, -0.2) is 5.01 Å². The third kappa shape index (κ3) is 3.25. The highest BCUT2D eigenvalue weighted by molar-refractivity contribution is 9.10. The average molecular weight is 387 g/mol. The van der Waals surface area contributed by atoms with Crippen LogP contribution in [0.4, 0.5) is 17.1 Å². The Bertz CT molecular complexity index is 754. The van der Waals surface area contributed by atoms with Gasteiger partial charge in [-0.3, -0.25) is 4.79 Å². The first-order chi connectivity index (χ1) is 11.7. The van der Waals surface area contributed by atoms with Crippen molar-refractivity contribution in [3.05, 3.63) is 52.5 Å². The zero-order valence-electron chi connectivity index (χ0n) is 13.3. The molecule has 0 aromatic heterocycles. The number of hydrogen-bond acceptors (Lipinski definition) is 4. The molecule has 4 rings (SSSR count). The summed E-state index contributed by atoms with van der Waals surface area (Å²) in [6.45, 7) is 3.87. The Labute approximate surface area is 149 Å². The minimum Gasteiger partial charge on any atom is -0.369 e. The summed E-state index contributed by atoms with van der Waals surface area (Å²) >= 11 is 3.48. The van der Waals surface area contributed by atoms with E-state index in [4.69, 9.17) is 0 Å². The molecule has 124 valence electrons. The van der Waals surface area contributed by atoms with Crippen molar-refractivity contribution in [3.8, 4) is 0 Å². The summed E-state index contributed by atoms with van der Waals surface area (Å²) in [5, 5.41) is 5.10. The van der Waals surface area contributed by atoms with Gasteiger partial charge in [-0.05, 0) is 48.0 Å². The highest BCUT2D eigenvalue weighted by Gasteiger charge is 2.20. The van der Waals surface area contributed by atoms with E-state index in [1.165, 1.54) is 5.69 Å². The van der Waals surface area contributed by atoms with Gasteiger partial charge in [-0.2, -0.15) is 0 Å². The van der Waals surface area contributed by atoms with Crippen molar-refractivity contribution in [1.82, 2.24) is 5.01 Å². The van der Waals surface area contributed by atoms with Crippen molar-refractivity contribution in [3.63, 3.8) is 0 Å². The van der Waals surface area contributed by atoms with E-state index in [1.54, 1.807) is 0 Å². The molecular formula is C18H19BrN4O. The smallest absolute Gasteiger partial charge is 0.228 e. The van der Waals surface area contributed by atoms with E-state index < -0.39 is 0 Å². The molecule has 6 heteroatoms. The number of hydrogen-bond donors (Lipinski definition) is 2. The number of amides is 1. The lowest BCUT2D eigenvalue weighted by Crippen LogP contribution is -2.48. The van der Waals surface area contributed by atoms with Crippen LogP contribution in [-0.4, -0.2) is 37.1 Å². The molecule has 1 fully saturated rings. The number of hydrazine groups is 1. The molecule has 2 heterocycles. The molecule has 0 spiro atoms. The lowest BCUT2D eigenvalue weighted by atomic mass is 10.1. The highest BCUT2D eigenvalue weighted by atomic mass is 79.9. The van der Waals surface area contributed by atoms with Crippen LogP contribution in [0.3, 0.4) is 0 Å². The molecule has 2 aromatic rings.